The minimum absolute atomic E-state index is 0.0117. The monoisotopic (exact) mass is 348 g/mol. The molecule has 1 aromatic carbocycles. The summed E-state index contributed by atoms with van der Waals surface area (Å²) in [4.78, 5) is 11.7. The number of carbonyl (C=O) groups excluding carboxylic acids is 1. The van der Waals surface area contributed by atoms with Crippen molar-refractivity contribution in [2.24, 2.45) is 0 Å². The van der Waals surface area contributed by atoms with E-state index in [0.717, 1.165) is 29.1 Å². The van der Waals surface area contributed by atoms with Gasteiger partial charge in [0.25, 0.3) is 0 Å². The van der Waals surface area contributed by atoms with Gasteiger partial charge in [0.05, 0.1) is 11.9 Å². The Labute approximate surface area is 135 Å². The first-order chi connectivity index (χ1) is 10.6. The lowest BCUT2D eigenvalue weighted by Crippen LogP contribution is -2.34. The molecule has 0 saturated carbocycles. The molecule has 23 heavy (non-hydrogen) atoms. The molecule has 0 aliphatic heterocycles. The summed E-state index contributed by atoms with van der Waals surface area (Å²) in [6, 6.07) is 2.95. The topological polar surface area (TPSA) is 66.5 Å². The smallest absolute Gasteiger partial charge is 0.232 e. The third kappa shape index (κ3) is 6.13. The molecule has 0 fully saturated rings. The lowest BCUT2D eigenvalue weighted by atomic mass is 10.2. The first-order valence-electron chi connectivity index (χ1n) is 7.37. The predicted molar refractivity (Wildman–Crippen MR) is 85.7 cm³/mol. The Bertz CT molecular complexity index is 650. The van der Waals surface area contributed by atoms with E-state index in [-0.39, 0.29) is 37.0 Å². The van der Waals surface area contributed by atoms with Gasteiger partial charge in [0.2, 0.25) is 15.9 Å². The molecule has 0 aromatic heterocycles. The summed E-state index contributed by atoms with van der Waals surface area (Å²) in [6.45, 7) is 3.83. The van der Waals surface area contributed by atoms with Crippen LogP contribution >= 0.6 is 0 Å². The Morgan fingerprint density at radius 2 is 1.96 bits per heavy atom. The number of benzene rings is 1. The van der Waals surface area contributed by atoms with Crippen molar-refractivity contribution in [1.29, 1.82) is 0 Å². The molecular weight excluding hydrogens is 326 g/mol. The van der Waals surface area contributed by atoms with Crippen LogP contribution in [0.15, 0.2) is 18.2 Å². The quantitative estimate of drug-likeness (QED) is 0.785. The highest BCUT2D eigenvalue weighted by molar-refractivity contribution is 7.92. The summed E-state index contributed by atoms with van der Waals surface area (Å²) in [6.07, 6.45) is 2.21. The Balaban J connectivity index is 2.74. The van der Waals surface area contributed by atoms with Gasteiger partial charge >= 0.3 is 0 Å². The van der Waals surface area contributed by atoms with Gasteiger partial charge in [-0.3, -0.25) is 9.10 Å². The molecule has 1 N–H and O–H groups in total. The second-order valence-electron chi connectivity index (χ2n) is 5.41. The zero-order chi connectivity index (χ0) is 17.6. The van der Waals surface area contributed by atoms with Gasteiger partial charge in [-0.05, 0) is 31.9 Å². The van der Waals surface area contributed by atoms with Crippen molar-refractivity contribution in [2.75, 3.05) is 17.1 Å². The van der Waals surface area contributed by atoms with E-state index >= 15 is 0 Å². The third-order valence-electron chi connectivity index (χ3n) is 3.38. The highest BCUT2D eigenvalue weighted by Crippen LogP contribution is 2.21. The molecule has 8 heteroatoms. The summed E-state index contributed by atoms with van der Waals surface area (Å²) in [5.41, 5.74) is 0.0359. The number of nitrogens with one attached hydrogen (secondary N) is 1. The molecular formula is C15H22F2N2O3S. The predicted octanol–water partition coefficient (Wildman–Crippen LogP) is 2.43. The molecule has 5 nitrogen and oxygen atoms in total. The van der Waals surface area contributed by atoms with Crippen molar-refractivity contribution >= 4 is 21.6 Å². The first kappa shape index (κ1) is 19.3. The molecule has 1 rings (SSSR count). The number of halogens is 2. The fraction of sp³-hybridized carbons (Fsp3) is 0.533. The zero-order valence-corrected chi connectivity index (χ0v) is 14.3. The molecule has 0 aliphatic carbocycles. The summed E-state index contributed by atoms with van der Waals surface area (Å²) < 4.78 is 50.9. The van der Waals surface area contributed by atoms with Gasteiger partial charge < -0.3 is 5.32 Å². The maximum absolute atomic E-state index is 13.3. The summed E-state index contributed by atoms with van der Waals surface area (Å²) in [7, 11) is -3.66. The van der Waals surface area contributed by atoms with Gasteiger partial charge in [0.15, 0.2) is 11.6 Å². The van der Waals surface area contributed by atoms with Crippen LogP contribution in [0.3, 0.4) is 0 Å². The maximum Gasteiger partial charge on any atom is 0.232 e. The van der Waals surface area contributed by atoms with E-state index in [2.05, 4.69) is 5.32 Å². The van der Waals surface area contributed by atoms with E-state index in [1.165, 1.54) is 6.07 Å². The van der Waals surface area contributed by atoms with Crippen LogP contribution in [-0.4, -0.2) is 33.2 Å². The molecule has 0 saturated heterocycles. The van der Waals surface area contributed by atoms with Gasteiger partial charge in [-0.2, -0.15) is 0 Å². The fourth-order valence-electron chi connectivity index (χ4n) is 1.96. The third-order valence-corrected chi connectivity index (χ3v) is 4.57. The van der Waals surface area contributed by atoms with Crippen molar-refractivity contribution in [2.45, 2.75) is 39.2 Å². The normalized spacial score (nSPS) is 12.7. The van der Waals surface area contributed by atoms with Crippen LogP contribution in [0.25, 0.3) is 0 Å². The molecule has 0 heterocycles. The minimum atomic E-state index is -3.66. The van der Waals surface area contributed by atoms with Crippen LogP contribution in [0, 0.1) is 11.6 Å². The number of anilines is 1. The molecule has 0 radical (unpaired) electrons. The SMILES string of the molecule is CC[C@@H](C)NC(=O)CCCN(c1ccc(F)c(F)c1)S(C)(=O)=O. The van der Waals surface area contributed by atoms with E-state index in [9.17, 15) is 22.0 Å². The van der Waals surface area contributed by atoms with Gasteiger partial charge in [-0.25, -0.2) is 17.2 Å². The number of amides is 1. The fourth-order valence-corrected chi connectivity index (χ4v) is 2.92. The van der Waals surface area contributed by atoms with Crippen LogP contribution in [0.4, 0.5) is 14.5 Å². The van der Waals surface area contributed by atoms with Crippen LogP contribution in [-0.2, 0) is 14.8 Å². The van der Waals surface area contributed by atoms with Gasteiger partial charge in [0.1, 0.15) is 0 Å². The second kappa shape index (κ2) is 8.24. The van der Waals surface area contributed by atoms with Gasteiger partial charge in [-0.1, -0.05) is 6.92 Å². The highest BCUT2D eigenvalue weighted by atomic mass is 32.2. The summed E-state index contributed by atoms with van der Waals surface area (Å²) in [5.74, 6) is -2.33. The average molecular weight is 348 g/mol. The van der Waals surface area contributed by atoms with Crippen LogP contribution < -0.4 is 9.62 Å². The maximum atomic E-state index is 13.3. The molecule has 130 valence electrons. The van der Waals surface area contributed by atoms with E-state index in [1.54, 1.807) is 0 Å². The summed E-state index contributed by atoms with van der Waals surface area (Å²) >= 11 is 0. The van der Waals surface area contributed by atoms with E-state index in [0.29, 0.717) is 0 Å². The number of sulfonamides is 1. The van der Waals surface area contributed by atoms with E-state index < -0.39 is 21.7 Å². The molecule has 1 aromatic rings. The second-order valence-corrected chi connectivity index (χ2v) is 7.32. The van der Waals surface area contributed by atoms with Crippen molar-refractivity contribution < 1.29 is 22.0 Å². The molecule has 0 aliphatic rings. The van der Waals surface area contributed by atoms with Crippen molar-refractivity contribution in [1.82, 2.24) is 5.32 Å². The first-order valence-corrected chi connectivity index (χ1v) is 9.22. The van der Waals surface area contributed by atoms with Gasteiger partial charge in [-0.15, -0.1) is 0 Å². The van der Waals surface area contributed by atoms with E-state index in [4.69, 9.17) is 0 Å². The Hall–Kier alpha value is -1.70. The Kier molecular flexibility index (Phi) is 6.93. The Morgan fingerprint density at radius 1 is 1.30 bits per heavy atom. The zero-order valence-electron chi connectivity index (χ0n) is 13.5. The van der Waals surface area contributed by atoms with Crippen LogP contribution in [0.1, 0.15) is 33.1 Å². The van der Waals surface area contributed by atoms with Crippen LogP contribution in [0.2, 0.25) is 0 Å². The Morgan fingerprint density at radius 3 is 2.48 bits per heavy atom. The lowest BCUT2D eigenvalue weighted by molar-refractivity contribution is -0.121. The van der Waals surface area contributed by atoms with Crippen molar-refractivity contribution in [3.05, 3.63) is 29.8 Å². The molecule has 0 unspecified atom stereocenters. The molecule has 0 bridgehead atoms. The molecule has 1 amide bonds. The number of rotatable bonds is 8. The molecule has 0 spiro atoms. The number of carbonyl (C=O) groups is 1. The summed E-state index contributed by atoms with van der Waals surface area (Å²) in [5, 5.41) is 2.78. The van der Waals surface area contributed by atoms with Crippen LogP contribution in [0.5, 0.6) is 0 Å². The standard InChI is InChI=1S/C15H22F2N2O3S/c1-4-11(2)18-15(20)6-5-9-19(23(3,21)22)12-7-8-13(16)14(17)10-12/h7-8,10-11H,4-6,9H2,1-3H3,(H,18,20)/t11-/m1/s1. The molecule has 1 atom stereocenters. The van der Waals surface area contributed by atoms with E-state index in [1.807, 2.05) is 13.8 Å². The average Bonchev–Trinajstić information content (AvgIpc) is 2.45. The largest absolute Gasteiger partial charge is 0.354 e. The lowest BCUT2D eigenvalue weighted by Gasteiger charge is -2.22. The van der Waals surface area contributed by atoms with Crippen molar-refractivity contribution in [3.8, 4) is 0 Å². The van der Waals surface area contributed by atoms with Crippen molar-refractivity contribution in [3.63, 3.8) is 0 Å². The number of hydrogen-bond donors (Lipinski definition) is 1. The minimum Gasteiger partial charge on any atom is -0.354 e. The number of nitrogens with zero attached hydrogens (tertiary/aromatic N) is 1. The number of hydrogen-bond acceptors (Lipinski definition) is 3. The highest BCUT2D eigenvalue weighted by Gasteiger charge is 2.19. The van der Waals surface area contributed by atoms with Gasteiger partial charge in [0, 0.05) is 25.1 Å².